The first-order valence-corrected chi connectivity index (χ1v) is 5.62. The number of aromatic nitrogens is 1. The molecule has 1 saturated carbocycles. The van der Waals surface area contributed by atoms with E-state index in [0.717, 1.165) is 18.2 Å². The summed E-state index contributed by atoms with van der Waals surface area (Å²) in [5, 5.41) is 2.93. The zero-order valence-corrected chi connectivity index (χ0v) is 9.44. The van der Waals surface area contributed by atoms with Gasteiger partial charge < -0.3 is 11.1 Å². The average Bonchev–Trinajstić information content (AvgIpc) is 2.95. The maximum Gasteiger partial charge on any atom is 0.226 e. The van der Waals surface area contributed by atoms with Crippen LogP contribution in [0.5, 0.6) is 0 Å². The lowest BCUT2D eigenvalue weighted by Gasteiger charge is -2.04. The zero-order valence-electron chi connectivity index (χ0n) is 9.44. The van der Waals surface area contributed by atoms with Gasteiger partial charge in [0.05, 0.1) is 18.3 Å². The minimum absolute atomic E-state index is 0.0383. The van der Waals surface area contributed by atoms with E-state index < -0.39 is 0 Å². The molecule has 0 radical (unpaired) electrons. The molecular formula is C12H17N3O. The Morgan fingerprint density at radius 2 is 2.38 bits per heavy atom. The second kappa shape index (κ2) is 4.51. The maximum atomic E-state index is 11.6. The van der Waals surface area contributed by atoms with Crippen molar-refractivity contribution in [2.24, 2.45) is 11.8 Å². The lowest BCUT2D eigenvalue weighted by atomic mass is 10.2. The van der Waals surface area contributed by atoms with E-state index in [2.05, 4.69) is 17.2 Å². The Balaban J connectivity index is 1.76. The van der Waals surface area contributed by atoms with Gasteiger partial charge in [0.15, 0.2) is 0 Å². The standard InChI is InChI=1S/C12H17N3O/c1-8-4-9(8)6-15-12(16)5-11-3-2-10(13)7-14-11/h2-3,7-9H,4-6,13H2,1H3,(H,15,16). The Kier molecular flexibility index (Phi) is 3.08. The second-order valence-corrected chi connectivity index (χ2v) is 4.54. The highest BCUT2D eigenvalue weighted by molar-refractivity contribution is 5.78. The van der Waals surface area contributed by atoms with Crippen molar-refractivity contribution in [2.75, 3.05) is 12.3 Å². The molecule has 2 rings (SSSR count). The number of carbonyl (C=O) groups excluding carboxylic acids is 1. The first-order valence-electron chi connectivity index (χ1n) is 5.62. The van der Waals surface area contributed by atoms with Crippen LogP contribution in [0.4, 0.5) is 5.69 Å². The number of anilines is 1. The Morgan fingerprint density at radius 3 is 2.94 bits per heavy atom. The molecule has 3 N–H and O–H groups in total. The number of pyridine rings is 1. The summed E-state index contributed by atoms with van der Waals surface area (Å²) in [7, 11) is 0. The average molecular weight is 219 g/mol. The Bertz CT molecular complexity index is 374. The van der Waals surface area contributed by atoms with Crippen LogP contribution in [-0.2, 0) is 11.2 Å². The van der Waals surface area contributed by atoms with Crippen molar-refractivity contribution >= 4 is 11.6 Å². The van der Waals surface area contributed by atoms with Crippen LogP contribution in [0.2, 0.25) is 0 Å². The van der Waals surface area contributed by atoms with Crippen molar-refractivity contribution in [3.05, 3.63) is 24.0 Å². The van der Waals surface area contributed by atoms with Gasteiger partial charge in [0.25, 0.3) is 0 Å². The molecule has 0 saturated heterocycles. The van der Waals surface area contributed by atoms with E-state index >= 15 is 0 Å². The predicted molar refractivity (Wildman–Crippen MR) is 62.6 cm³/mol. The molecule has 2 unspecified atom stereocenters. The quantitative estimate of drug-likeness (QED) is 0.793. The normalized spacial score (nSPS) is 22.8. The minimum Gasteiger partial charge on any atom is -0.397 e. The van der Waals surface area contributed by atoms with Crippen LogP contribution >= 0.6 is 0 Å². The number of hydrogen-bond donors (Lipinski definition) is 2. The summed E-state index contributed by atoms with van der Waals surface area (Å²) in [6.45, 7) is 3.01. The lowest BCUT2D eigenvalue weighted by Crippen LogP contribution is -2.27. The molecule has 1 fully saturated rings. The highest BCUT2D eigenvalue weighted by Crippen LogP contribution is 2.36. The van der Waals surface area contributed by atoms with Crippen molar-refractivity contribution in [3.63, 3.8) is 0 Å². The van der Waals surface area contributed by atoms with Crippen molar-refractivity contribution in [2.45, 2.75) is 19.8 Å². The highest BCUT2D eigenvalue weighted by Gasteiger charge is 2.32. The smallest absolute Gasteiger partial charge is 0.226 e. The first kappa shape index (κ1) is 10.9. The van der Waals surface area contributed by atoms with Crippen molar-refractivity contribution < 1.29 is 4.79 Å². The summed E-state index contributed by atoms with van der Waals surface area (Å²) < 4.78 is 0. The van der Waals surface area contributed by atoms with Gasteiger partial charge in [-0.25, -0.2) is 0 Å². The minimum atomic E-state index is 0.0383. The van der Waals surface area contributed by atoms with E-state index in [0.29, 0.717) is 18.0 Å². The summed E-state index contributed by atoms with van der Waals surface area (Å²) in [4.78, 5) is 15.6. The van der Waals surface area contributed by atoms with Crippen LogP contribution in [0.15, 0.2) is 18.3 Å². The molecule has 16 heavy (non-hydrogen) atoms. The fourth-order valence-corrected chi connectivity index (χ4v) is 1.70. The third-order valence-corrected chi connectivity index (χ3v) is 3.03. The number of carbonyl (C=O) groups is 1. The maximum absolute atomic E-state index is 11.6. The molecule has 0 spiro atoms. The molecule has 1 aromatic rings. The molecule has 1 aliphatic carbocycles. The molecule has 4 heteroatoms. The van der Waals surface area contributed by atoms with Gasteiger partial charge in [-0.3, -0.25) is 9.78 Å². The van der Waals surface area contributed by atoms with E-state index in [4.69, 9.17) is 5.73 Å². The van der Waals surface area contributed by atoms with Gasteiger partial charge in [-0.15, -0.1) is 0 Å². The van der Waals surface area contributed by atoms with Crippen LogP contribution in [0.3, 0.4) is 0 Å². The van der Waals surface area contributed by atoms with Crippen LogP contribution in [-0.4, -0.2) is 17.4 Å². The summed E-state index contributed by atoms with van der Waals surface area (Å²) >= 11 is 0. The predicted octanol–water partition coefficient (Wildman–Crippen LogP) is 0.978. The molecule has 1 amide bonds. The van der Waals surface area contributed by atoms with Gasteiger partial charge >= 0.3 is 0 Å². The van der Waals surface area contributed by atoms with Gasteiger partial charge in [-0.2, -0.15) is 0 Å². The molecule has 0 bridgehead atoms. The number of amides is 1. The van der Waals surface area contributed by atoms with Gasteiger partial charge in [-0.1, -0.05) is 6.92 Å². The number of nitrogen functional groups attached to an aromatic ring is 1. The Hall–Kier alpha value is -1.58. The van der Waals surface area contributed by atoms with E-state index in [1.54, 1.807) is 18.3 Å². The molecule has 1 aliphatic rings. The molecule has 86 valence electrons. The number of nitrogens with one attached hydrogen (secondary N) is 1. The van der Waals surface area contributed by atoms with Gasteiger partial charge in [0.2, 0.25) is 5.91 Å². The number of rotatable bonds is 4. The lowest BCUT2D eigenvalue weighted by molar-refractivity contribution is -0.120. The largest absolute Gasteiger partial charge is 0.397 e. The third-order valence-electron chi connectivity index (χ3n) is 3.03. The Morgan fingerprint density at radius 1 is 1.62 bits per heavy atom. The topological polar surface area (TPSA) is 68.0 Å². The summed E-state index contributed by atoms with van der Waals surface area (Å²) in [5.41, 5.74) is 6.90. The van der Waals surface area contributed by atoms with Gasteiger partial charge in [0.1, 0.15) is 0 Å². The summed E-state index contributed by atoms with van der Waals surface area (Å²) in [6.07, 6.45) is 3.15. The number of nitrogens with two attached hydrogens (primary N) is 1. The zero-order chi connectivity index (χ0) is 11.5. The van der Waals surface area contributed by atoms with Crippen molar-refractivity contribution in [1.29, 1.82) is 0 Å². The summed E-state index contributed by atoms with van der Waals surface area (Å²) in [6, 6.07) is 3.55. The fraction of sp³-hybridized carbons (Fsp3) is 0.500. The molecule has 1 heterocycles. The summed E-state index contributed by atoms with van der Waals surface area (Å²) in [5.74, 6) is 1.50. The van der Waals surface area contributed by atoms with Crippen LogP contribution in [0.1, 0.15) is 19.0 Å². The number of hydrogen-bond acceptors (Lipinski definition) is 3. The van der Waals surface area contributed by atoms with Crippen molar-refractivity contribution in [3.8, 4) is 0 Å². The third kappa shape index (κ3) is 2.95. The van der Waals surface area contributed by atoms with Crippen LogP contribution < -0.4 is 11.1 Å². The molecule has 4 nitrogen and oxygen atoms in total. The first-order chi connectivity index (χ1) is 7.65. The number of nitrogens with zero attached hydrogens (tertiary/aromatic N) is 1. The SMILES string of the molecule is CC1CC1CNC(=O)Cc1ccc(N)cn1. The van der Waals surface area contributed by atoms with Crippen LogP contribution in [0.25, 0.3) is 0 Å². The van der Waals surface area contributed by atoms with E-state index in [1.807, 2.05) is 0 Å². The van der Waals surface area contributed by atoms with Gasteiger partial charge in [-0.05, 0) is 30.4 Å². The monoisotopic (exact) mass is 219 g/mol. The molecule has 0 aromatic carbocycles. The van der Waals surface area contributed by atoms with E-state index in [1.165, 1.54) is 6.42 Å². The molecule has 0 aliphatic heterocycles. The van der Waals surface area contributed by atoms with Gasteiger partial charge in [0, 0.05) is 12.2 Å². The Labute approximate surface area is 95.3 Å². The van der Waals surface area contributed by atoms with E-state index in [-0.39, 0.29) is 5.91 Å². The molecular weight excluding hydrogens is 202 g/mol. The van der Waals surface area contributed by atoms with Crippen molar-refractivity contribution in [1.82, 2.24) is 10.3 Å². The second-order valence-electron chi connectivity index (χ2n) is 4.54. The van der Waals surface area contributed by atoms with E-state index in [9.17, 15) is 4.79 Å². The van der Waals surface area contributed by atoms with Crippen LogP contribution in [0, 0.1) is 11.8 Å². The molecule has 1 aromatic heterocycles. The molecule has 2 atom stereocenters. The fourth-order valence-electron chi connectivity index (χ4n) is 1.70. The highest BCUT2D eigenvalue weighted by atomic mass is 16.1.